The Balaban J connectivity index is 2.25. The van der Waals surface area contributed by atoms with Crippen molar-refractivity contribution in [2.24, 2.45) is 17.3 Å². The highest BCUT2D eigenvalue weighted by molar-refractivity contribution is 6.33. The molecular weight excluding hydrogens is 392 g/mol. The van der Waals surface area contributed by atoms with Gasteiger partial charge in [0.1, 0.15) is 17.3 Å². The lowest BCUT2D eigenvalue weighted by molar-refractivity contribution is -0.133. The van der Waals surface area contributed by atoms with E-state index < -0.39 is 6.10 Å². The van der Waals surface area contributed by atoms with Crippen molar-refractivity contribution < 1.29 is 24.9 Å². The maximum atomic E-state index is 12.2. The van der Waals surface area contributed by atoms with E-state index in [1.807, 2.05) is 6.92 Å². The molecule has 160 valence electrons. The third-order valence-electron chi connectivity index (χ3n) is 7.09. The van der Waals surface area contributed by atoms with E-state index in [0.717, 1.165) is 6.42 Å². The van der Waals surface area contributed by atoms with Crippen molar-refractivity contribution in [2.45, 2.75) is 66.4 Å². The van der Waals surface area contributed by atoms with Crippen LogP contribution in [0.4, 0.5) is 0 Å². The van der Waals surface area contributed by atoms with Crippen LogP contribution in [-0.4, -0.2) is 33.5 Å². The second-order valence-corrected chi connectivity index (χ2v) is 9.03. The average molecular weight is 423 g/mol. The highest BCUT2D eigenvalue weighted by atomic mass is 35.5. The summed E-state index contributed by atoms with van der Waals surface area (Å²) in [7, 11) is 0. The molecule has 1 fully saturated rings. The Kier molecular flexibility index (Phi) is 7.18. The molecule has 1 aliphatic rings. The first-order valence-electron chi connectivity index (χ1n) is 10.0. The van der Waals surface area contributed by atoms with Crippen LogP contribution in [0.2, 0.25) is 5.02 Å². The number of benzene rings is 1. The van der Waals surface area contributed by atoms with E-state index in [4.69, 9.17) is 11.6 Å². The van der Waals surface area contributed by atoms with Crippen LogP contribution in [0, 0.1) is 24.2 Å². The van der Waals surface area contributed by atoms with Crippen LogP contribution in [0.3, 0.4) is 0 Å². The van der Waals surface area contributed by atoms with Crippen molar-refractivity contribution in [2.75, 3.05) is 0 Å². The molecule has 1 aromatic rings. The molecule has 2 rings (SSSR count). The van der Waals surface area contributed by atoms with Gasteiger partial charge < -0.3 is 15.3 Å². The zero-order valence-corrected chi connectivity index (χ0v) is 18.5. The fourth-order valence-corrected chi connectivity index (χ4v) is 4.49. The summed E-state index contributed by atoms with van der Waals surface area (Å²) < 4.78 is 0. The van der Waals surface area contributed by atoms with Gasteiger partial charge in [0.05, 0.1) is 16.7 Å². The molecule has 0 bridgehead atoms. The molecule has 0 saturated heterocycles. The molecule has 4 atom stereocenters. The molecule has 0 aromatic heterocycles. The number of hydrogen-bond acceptors (Lipinski definition) is 5. The zero-order valence-electron chi connectivity index (χ0n) is 17.8. The smallest absolute Gasteiger partial charge is 0.154 e. The van der Waals surface area contributed by atoms with Gasteiger partial charge >= 0.3 is 0 Å². The topological polar surface area (TPSA) is 94.8 Å². The summed E-state index contributed by atoms with van der Waals surface area (Å²) in [6.07, 6.45) is 3.45. The lowest BCUT2D eigenvalue weighted by Crippen LogP contribution is -2.43. The number of aromatic hydroxyl groups is 2. The van der Waals surface area contributed by atoms with E-state index >= 15 is 0 Å². The van der Waals surface area contributed by atoms with Gasteiger partial charge in [-0.25, -0.2) is 0 Å². The van der Waals surface area contributed by atoms with Crippen LogP contribution in [0.15, 0.2) is 11.6 Å². The Hall–Kier alpha value is -1.85. The predicted molar refractivity (Wildman–Crippen MR) is 114 cm³/mol. The van der Waals surface area contributed by atoms with Crippen molar-refractivity contribution in [3.8, 4) is 11.5 Å². The minimum Gasteiger partial charge on any atom is -0.507 e. The van der Waals surface area contributed by atoms with Gasteiger partial charge in [0, 0.05) is 17.9 Å². The summed E-state index contributed by atoms with van der Waals surface area (Å²) in [6, 6.07) is 0. The number of phenols is 2. The monoisotopic (exact) mass is 422 g/mol. The Morgan fingerprint density at radius 1 is 1.31 bits per heavy atom. The Labute approximate surface area is 177 Å². The second kappa shape index (κ2) is 8.88. The first-order chi connectivity index (χ1) is 13.5. The van der Waals surface area contributed by atoms with E-state index in [-0.39, 0.29) is 51.2 Å². The molecule has 1 aromatic carbocycles. The Bertz CT molecular complexity index is 844. The number of rotatable bonds is 6. The Morgan fingerprint density at radius 2 is 1.93 bits per heavy atom. The van der Waals surface area contributed by atoms with Gasteiger partial charge in [0.15, 0.2) is 6.29 Å². The maximum absolute atomic E-state index is 12.2. The molecular formula is C23H31ClO5. The van der Waals surface area contributed by atoms with Crippen LogP contribution in [0.25, 0.3) is 0 Å². The van der Waals surface area contributed by atoms with Crippen molar-refractivity contribution >= 4 is 23.7 Å². The first-order valence-corrected chi connectivity index (χ1v) is 10.4. The second-order valence-electron chi connectivity index (χ2n) is 8.65. The summed E-state index contributed by atoms with van der Waals surface area (Å²) in [6.45, 7) is 9.45. The molecule has 0 spiro atoms. The van der Waals surface area contributed by atoms with Crippen LogP contribution >= 0.6 is 11.6 Å². The van der Waals surface area contributed by atoms with Crippen LogP contribution in [-0.2, 0) is 11.2 Å². The van der Waals surface area contributed by atoms with Gasteiger partial charge in [0.2, 0.25) is 0 Å². The van der Waals surface area contributed by atoms with Gasteiger partial charge in [-0.15, -0.1) is 0 Å². The lowest BCUT2D eigenvalue weighted by Gasteiger charge is -2.45. The maximum Gasteiger partial charge on any atom is 0.154 e. The number of phenolic OH excluding ortho intramolecular Hbond substituents is 2. The number of carbonyl (C=O) groups is 2. The quantitative estimate of drug-likeness (QED) is 0.454. The highest BCUT2D eigenvalue weighted by Crippen LogP contribution is 2.47. The van der Waals surface area contributed by atoms with E-state index in [2.05, 4.69) is 13.8 Å². The average Bonchev–Trinajstić information content (AvgIpc) is 2.68. The number of Topliss-reactive ketones (excluding diaryl/α,β-unsaturated/α-hetero) is 1. The van der Waals surface area contributed by atoms with Gasteiger partial charge in [0.25, 0.3) is 0 Å². The number of ketones is 1. The number of aliphatic hydroxyl groups is 1. The number of allylic oxidation sites excluding steroid dienone is 1. The van der Waals surface area contributed by atoms with Gasteiger partial charge in [-0.1, -0.05) is 38.4 Å². The largest absolute Gasteiger partial charge is 0.507 e. The fraction of sp³-hybridized carbons (Fsp3) is 0.565. The summed E-state index contributed by atoms with van der Waals surface area (Å²) in [5, 5.41) is 31.5. The normalized spacial score (nSPS) is 26.4. The third kappa shape index (κ3) is 4.36. The van der Waals surface area contributed by atoms with Gasteiger partial charge in [-0.05, 0) is 55.6 Å². The third-order valence-corrected chi connectivity index (χ3v) is 7.56. The molecule has 3 N–H and O–H groups in total. The summed E-state index contributed by atoms with van der Waals surface area (Å²) in [4.78, 5) is 23.5. The van der Waals surface area contributed by atoms with E-state index in [1.165, 1.54) is 0 Å². The van der Waals surface area contributed by atoms with Gasteiger partial charge in [-0.2, -0.15) is 0 Å². The molecule has 0 heterocycles. The van der Waals surface area contributed by atoms with Crippen molar-refractivity contribution in [3.63, 3.8) is 0 Å². The number of hydrogen-bond donors (Lipinski definition) is 3. The van der Waals surface area contributed by atoms with Crippen molar-refractivity contribution in [1.29, 1.82) is 0 Å². The predicted octanol–water partition coefficient (Wildman–Crippen LogP) is 4.75. The van der Waals surface area contributed by atoms with Crippen LogP contribution in [0.5, 0.6) is 11.5 Å². The van der Waals surface area contributed by atoms with E-state index in [0.29, 0.717) is 36.2 Å². The minimum absolute atomic E-state index is 0.0300. The minimum atomic E-state index is -0.758. The number of aliphatic hydroxyl groups excluding tert-OH is 1. The molecule has 1 saturated carbocycles. The lowest BCUT2D eigenvalue weighted by atomic mass is 9.59. The highest BCUT2D eigenvalue weighted by Gasteiger charge is 2.44. The molecule has 0 radical (unpaired) electrons. The standard InChI is InChI=1S/C23H31ClO5/c1-12(19(27)10-23(5)13(2)7-9-18(26)15(23)4)6-8-16-21(28)17(11-25)14(3)20(24)22(16)29/h6,11,13,15,19,27-29H,7-10H2,1-5H3/t13-,15+,19-,23+/m1/s1. The number of aldehydes is 1. The molecule has 0 aliphatic heterocycles. The van der Waals surface area contributed by atoms with Crippen LogP contribution in [0.1, 0.15) is 68.4 Å². The number of halogens is 1. The summed E-state index contributed by atoms with van der Waals surface area (Å²) >= 11 is 6.09. The molecule has 0 unspecified atom stereocenters. The first kappa shape index (κ1) is 23.4. The van der Waals surface area contributed by atoms with E-state index in [1.54, 1.807) is 19.9 Å². The summed E-state index contributed by atoms with van der Waals surface area (Å²) in [5.74, 6) is -0.127. The zero-order chi connectivity index (χ0) is 22.1. The Morgan fingerprint density at radius 3 is 2.52 bits per heavy atom. The molecule has 1 aliphatic carbocycles. The molecule has 0 amide bonds. The number of carbonyl (C=O) groups excluding carboxylic acids is 2. The van der Waals surface area contributed by atoms with Gasteiger partial charge in [-0.3, -0.25) is 9.59 Å². The SMILES string of the molecule is CC(=CCc1c(O)c(Cl)c(C)c(C=O)c1O)[C@H](O)C[C@@]1(C)[C@H](C)CCC(=O)[C@@H]1C. The van der Waals surface area contributed by atoms with Crippen LogP contribution < -0.4 is 0 Å². The van der Waals surface area contributed by atoms with E-state index in [9.17, 15) is 24.9 Å². The van der Waals surface area contributed by atoms with Crippen molar-refractivity contribution in [1.82, 2.24) is 0 Å². The molecule has 29 heavy (non-hydrogen) atoms. The summed E-state index contributed by atoms with van der Waals surface area (Å²) in [5.41, 5.74) is 0.887. The van der Waals surface area contributed by atoms with Crippen molar-refractivity contribution in [3.05, 3.63) is 33.4 Å². The fourth-order valence-electron chi connectivity index (χ4n) is 4.27. The molecule has 6 heteroatoms. The molecule has 5 nitrogen and oxygen atoms in total.